The summed E-state index contributed by atoms with van der Waals surface area (Å²) in [7, 11) is -3.58. The van der Waals surface area contributed by atoms with E-state index < -0.39 is 15.8 Å². The molecule has 7 nitrogen and oxygen atoms in total. The van der Waals surface area contributed by atoms with E-state index in [0.717, 1.165) is 17.4 Å². The quantitative estimate of drug-likeness (QED) is 0.349. The molecule has 0 unspecified atom stereocenters. The van der Waals surface area contributed by atoms with E-state index in [1.165, 1.54) is 6.20 Å². The SMILES string of the molecule is Cc1ccccc1-c1nc(COC(=O)c2ccccc2)cc2cnc(S(C)(=O)=O)nc12. The van der Waals surface area contributed by atoms with Crippen molar-refractivity contribution in [1.29, 1.82) is 0 Å². The van der Waals surface area contributed by atoms with Crippen molar-refractivity contribution in [2.24, 2.45) is 0 Å². The number of fused-ring (bicyclic) bond motifs is 1. The molecule has 0 aliphatic carbocycles. The van der Waals surface area contributed by atoms with E-state index in [0.29, 0.717) is 27.9 Å². The summed E-state index contributed by atoms with van der Waals surface area (Å²) in [5.41, 5.74) is 3.64. The van der Waals surface area contributed by atoms with Gasteiger partial charge in [0.25, 0.3) is 0 Å². The summed E-state index contributed by atoms with van der Waals surface area (Å²) < 4.78 is 29.4. The third kappa shape index (κ3) is 4.44. The van der Waals surface area contributed by atoms with E-state index in [2.05, 4.69) is 15.0 Å². The highest BCUT2D eigenvalue weighted by molar-refractivity contribution is 7.90. The summed E-state index contributed by atoms with van der Waals surface area (Å²) in [5, 5.41) is 0.339. The topological polar surface area (TPSA) is 99.1 Å². The van der Waals surface area contributed by atoms with Crippen molar-refractivity contribution in [2.75, 3.05) is 6.26 Å². The number of benzene rings is 2. The second-order valence-corrected chi connectivity index (χ2v) is 8.99. The van der Waals surface area contributed by atoms with Gasteiger partial charge in [0.05, 0.1) is 17.0 Å². The van der Waals surface area contributed by atoms with Crippen LogP contribution in [0.4, 0.5) is 0 Å². The number of carbonyl (C=O) groups is 1. The molecule has 2 aromatic carbocycles. The van der Waals surface area contributed by atoms with Gasteiger partial charge in [0.2, 0.25) is 15.0 Å². The predicted octanol–water partition coefficient (Wildman–Crippen LogP) is 3.76. The zero-order valence-corrected chi connectivity index (χ0v) is 17.8. The van der Waals surface area contributed by atoms with E-state index in [1.807, 2.05) is 37.3 Å². The Balaban J connectivity index is 1.79. The van der Waals surface area contributed by atoms with Crippen LogP contribution in [0.2, 0.25) is 0 Å². The third-order valence-corrected chi connectivity index (χ3v) is 5.55. The average Bonchev–Trinajstić information content (AvgIpc) is 2.77. The molecule has 0 bridgehead atoms. The summed E-state index contributed by atoms with van der Waals surface area (Å²) in [6.07, 6.45) is 2.51. The molecule has 0 atom stereocenters. The Morgan fingerprint density at radius 2 is 1.71 bits per heavy atom. The molecule has 0 spiro atoms. The summed E-state index contributed by atoms with van der Waals surface area (Å²) in [5.74, 6) is -0.455. The maximum absolute atomic E-state index is 12.3. The van der Waals surface area contributed by atoms with Crippen molar-refractivity contribution in [2.45, 2.75) is 18.7 Å². The van der Waals surface area contributed by atoms with Gasteiger partial charge in [-0.3, -0.25) is 0 Å². The summed E-state index contributed by atoms with van der Waals surface area (Å²) in [4.78, 5) is 25.2. The Morgan fingerprint density at radius 1 is 1.00 bits per heavy atom. The lowest BCUT2D eigenvalue weighted by Gasteiger charge is -2.12. The van der Waals surface area contributed by atoms with Gasteiger partial charge in [0.1, 0.15) is 12.1 Å². The molecule has 2 heterocycles. The summed E-state index contributed by atoms with van der Waals surface area (Å²) in [6.45, 7) is 1.89. The van der Waals surface area contributed by atoms with Gasteiger partial charge in [-0.1, -0.05) is 42.5 Å². The van der Waals surface area contributed by atoms with Crippen LogP contribution in [0.15, 0.2) is 72.0 Å². The van der Waals surface area contributed by atoms with Gasteiger partial charge in [-0.15, -0.1) is 0 Å². The fraction of sp³-hybridized carbons (Fsp3) is 0.130. The van der Waals surface area contributed by atoms with Crippen LogP contribution in [-0.4, -0.2) is 35.6 Å². The maximum atomic E-state index is 12.3. The van der Waals surface area contributed by atoms with Crippen molar-refractivity contribution in [1.82, 2.24) is 15.0 Å². The number of hydrogen-bond acceptors (Lipinski definition) is 7. The van der Waals surface area contributed by atoms with Gasteiger partial charge < -0.3 is 4.74 Å². The van der Waals surface area contributed by atoms with Crippen molar-refractivity contribution in [3.05, 3.63) is 83.7 Å². The number of aromatic nitrogens is 3. The highest BCUT2D eigenvalue weighted by Crippen LogP contribution is 2.29. The number of ether oxygens (including phenoxy) is 1. The Bertz CT molecular complexity index is 1390. The van der Waals surface area contributed by atoms with E-state index in [-0.39, 0.29) is 11.8 Å². The second-order valence-electron chi connectivity index (χ2n) is 7.08. The number of hydrogen-bond donors (Lipinski definition) is 0. The largest absolute Gasteiger partial charge is 0.456 e. The van der Waals surface area contributed by atoms with Gasteiger partial charge in [-0.2, -0.15) is 0 Å². The first-order valence-corrected chi connectivity index (χ1v) is 11.4. The standard InChI is InChI=1S/C23H19N3O4S/c1-15-8-6-7-11-19(15)21-20-17(13-24-23(26-20)31(2,28)29)12-18(25-21)14-30-22(27)16-9-4-3-5-10-16/h3-13H,14H2,1-2H3. The monoisotopic (exact) mass is 433 g/mol. The minimum absolute atomic E-state index is 0.0453. The zero-order chi connectivity index (χ0) is 22.0. The second kappa shape index (κ2) is 8.23. The molecule has 4 aromatic rings. The molecule has 0 N–H and O–H groups in total. The minimum Gasteiger partial charge on any atom is -0.456 e. The van der Waals surface area contributed by atoms with Gasteiger partial charge in [0, 0.05) is 23.4 Å². The van der Waals surface area contributed by atoms with Gasteiger partial charge in [0.15, 0.2) is 0 Å². The van der Waals surface area contributed by atoms with Crippen LogP contribution in [0.1, 0.15) is 21.6 Å². The van der Waals surface area contributed by atoms with Gasteiger partial charge in [-0.05, 0) is 30.7 Å². The van der Waals surface area contributed by atoms with Crippen molar-refractivity contribution in [3.63, 3.8) is 0 Å². The van der Waals surface area contributed by atoms with Crippen molar-refractivity contribution in [3.8, 4) is 11.3 Å². The number of sulfone groups is 1. The van der Waals surface area contributed by atoms with Crippen molar-refractivity contribution < 1.29 is 17.9 Å². The molecule has 31 heavy (non-hydrogen) atoms. The van der Waals surface area contributed by atoms with Crippen LogP contribution in [0.5, 0.6) is 0 Å². The Hall–Kier alpha value is -3.65. The van der Waals surface area contributed by atoms with E-state index in [1.54, 1.807) is 30.3 Å². The van der Waals surface area contributed by atoms with Crippen LogP contribution in [-0.2, 0) is 21.2 Å². The number of carbonyl (C=O) groups excluding carboxylic acids is 1. The highest BCUT2D eigenvalue weighted by Gasteiger charge is 2.18. The van der Waals surface area contributed by atoms with Gasteiger partial charge >= 0.3 is 5.97 Å². The third-order valence-electron chi connectivity index (χ3n) is 4.69. The molecule has 156 valence electrons. The fourth-order valence-electron chi connectivity index (χ4n) is 3.15. The normalized spacial score (nSPS) is 11.4. The van der Waals surface area contributed by atoms with E-state index in [9.17, 15) is 13.2 Å². The first-order valence-electron chi connectivity index (χ1n) is 9.48. The molecule has 0 aliphatic rings. The molecular weight excluding hydrogens is 414 g/mol. The summed E-state index contributed by atoms with van der Waals surface area (Å²) in [6, 6.07) is 18.0. The summed E-state index contributed by atoms with van der Waals surface area (Å²) >= 11 is 0. The van der Waals surface area contributed by atoms with E-state index in [4.69, 9.17) is 4.74 Å². The van der Waals surface area contributed by atoms with Crippen LogP contribution in [0, 0.1) is 6.92 Å². The molecule has 2 aromatic heterocycles. The number of pyridine rings is 1. The Morgan fingerprint density at radius 3 is 2.42 bits per heavy atom. The lowest BCUT2D eigenvalue weighted by Crippen LogP contribution is -2.08. The van der Waals surface area contributed by atoms with Crippen LogP contribution in [0.25, 0.3) is 22.2 Å². The number of esters is 1. The van der Waals surface area contributed by atoms with Crippen molar-refractivity contribution >= 4 is 26.7 Å². The molecule has 0 fully saturated rings. The predicted molar refractivity (Wildman–Crippen MR) is 116 cm³/mol. The minimum atomic E-state index is -3.58. The van der Waals surface area contributed by atoms with Gasteiger partial charge in [-0.25, -0.2) is 28.2 Å². The first kappa shape index (κ1) is 20.6. The molecule has 0 saturated carbocycles. The van der Waals surface area contributed by atoms with Crippen LogP contribution < -0.4 is 0 Å². The number of nitrogens with zero attached hydrogens (tertiary/aromatic N) is 3. The molecular formula is C23H19N3O4S. The molecule has 0 aliphatic heterocycles. The molecule has 0 radical (unpaired) electrons. The molecule has 0 saturated heterocycles. The molecule has 0 amide bonds. The lowest BCUT2D eigenvalue weighted by molar-refractivity contribution is 0.0468. The molecule has 4 rings (SSSR count). The molecule has 8 heteroatoms. The maximum Gasteiger partial charge on any atom is 0.338 e. The van der Waals surface area contributed by atoms with E-state index >= 15 is 0 Å². The first-order chi connectivity index (χ1) is 14.8. The number of aryl methyl sites for hydroxylation is 1. The smallest absolute Gasteiger partial charge is 0.338 e. The van der Waals surface area contributed by atoms with Crippen LogP contribution >= 0.6 is 0 Å². The zero-order valence-electron chi connectivity index (χ0n) is 16.9. The highest BCUT2D eigenvalue weighted by atomic mass is 32.2. The lowest BCUT2D eigenvalue weighted by atomic mass is 10.0. The fourth-order valence-corrected chi connectivity index (χ4v) is 3.66. The van der Waals surface area contributed by atoms with Crippen LogP contribution in [0.3, 0.4) is 0 Å². The average molecular weight is 433 g/mol. The number of rotatable bonds is 5. The Labute approximate surface area is 179 Å². The Kier molecular flexibility index (Phi) is 5.48.